The first kappa shape index (κ1) is 16.3. The maximum Gasteiger partial charge on any atom is 0.252 e. The molecule has 1 aliphatic heterocycles. The van der Waals surface area contributed by atoms with Gasteiger partial charge in [-0.25, -0.2) is 0 Å². The minimum Gasteiger partial charge on any atom is -0.384 e. The minimum absolute atomic E-state index is 0.423. The number of carbonyl (C=O) groups is 1. The van der Waals surface area contributed by atoms with Crippen LogP contribution in [0.2, 0.25) is 0 Å². The number of amides is 1. The highest BCUT2D eigenvalue weighted by Crippen LogP contribution is 2.19. The van der Waals surface area contributed by atoms with Gasteiger partial charge in [0.2, 0.25) is 0 Å². The van der Waals surface area contributed by atoms with Crippen LogP contribution in [0, 0.1) is 5.92 Å². The summed E-state index contributed by atoms with van der Waals surface area (Å²) in [6.07, 6.45) is 9.38. The molecule has 0 saturated carbocycles. The van der Waals surface area contributed by atoms with Crippen molar-refractivity contribution in [2.75, 3.05) is 25.0 Å². The fourth-order valence-corrected chi connectivity index (χ4v) is 2.88. The van der Waals surface area contributed by atoms with E-state index in [0.29, 0.717) is 17.9 Å². The van der Waals surface area contributed by atoms with Crippen LogP contribution in [-0.2, 0) is 6.42 Å². The van der Waals surface area contributed by atoms with Gasteiger partial charge in [-0.2, -0.15) is 0 Å². The lowest BCUT2D eigenvalue weighted by atomic mass is 9.98. The molecule has 7 nitrogen and oxygen atoms in total. The molecule has 0 aliphatic carbocycles. The Labute approximate surface area is 141 Å². The van der Waals surface area contributed by atoms with Crippen molar-refractivity contribution in [1.29, 1.82) is 0 Å². The predicted molar refractivity (Wildman–Crippen MR) is 91.7 cm³/mol. The molecule has 24 heavy (non-hydrogen) atoms. The number of carbonyl (C=O) groups excluding carboxylic acids is 1. The molecule has 1 fully saturated rings. The van der Waals surface area contributed by atoms with Crippen LogP contribution >= 0.6 is 0 Å². The minimum atomic E-state index is -0.471. The number of hydrogen-bond acceptors (Lipinski definition) is 6. The zero-order valence-corrected chi connectivity index (χ0v) is 13.5. The number of nitrogens with zero attached hydrogens (tertiary/aromatic N) is 3. The first-order valence-electron chi connectivity index (χ1n) is 8.20. The molecule has 0 bridgehead atoms. The number of hydrogen-bond donors (Lipinski definition) is 3. The third kappa shape index (κ3) is 4.26. The van der Waals surface area contributed by atoms with Crippen molar-refractivity contribution in [2.45, 2.75) is 19.3 Å². The third-order valence-electron chi connectivity index (χ3n) is 4.24. The van der Waals surface area contributed by atoms with Crippen LogP contribution < -0.4 is 16.4 Å². The lowest BCUT2D eigenvalue weighted by molar-refractivity contribution is 0.100. The fourth-order valence-electron chi connectivity index (χ4n) is 2.88. The second-order valence-electron chi connectivity index (χ2n) is 6.03. The smallest absolute Gasteiger partial charge is 0.252 e. The summed E-state index contributed by atoms with van der Waals surface area (Å²) in [5, 5.41) is 6.74. The Morgan fingerprint density at radius 2 is 2.04 bits per heavy atom. The number of nitrogens with one attached hydrogen (secondary N) is 2. The van der Waals surface area contributed by atoms with Gasteiger partial charge in [-0.3, -0.25) is 19.7 Å². The molecular weight excluding hydrogens is 304 g/mol. The molecular formula is C17H22N6O. The highest BCUT2D eigenvalue weighted by molar-refractivity contribution is 5.98. The molecule has 126 valence electrons. The van der Waals surface area contributed by atoms with E-state index in [9.17, 15) is 4.79 Å². The first-order chi connectivity index (χ1) is 11.7. The van der Waals surface area contributed by atoms with E-state index in [1.807, 2.05) is 6.07 Å². The van der Waals surface area contributed by atoms with Crippen molar-refractivity contribution in [3.05, 3.63) is 47.8 Å². The van der Waals surface area contributed by atoms with Crippen LogP contribution in [0.25, 0.3) is 0 Å². The number of piperidine rings is 1. The van der Waals surface area contributed by atoms with Crippen LogP contribution in [0.15, 0.2) is 30.9 Å². The number of primary amides is 1. The maximum absolute atomic E-state index is 11.7. The predicted octanol–water partition coefficient (Wildman–Crippen LogP) is 0.973. The highest BCUT2D eigenvalue weighted by atomic mass is 16.1. The highest BCUT2D eigenvalue weighted by Gasteiger charge is 2.15. The van der Waals surface area contributed by atoms with Crippen LogP contribution in [0.3, 0.4) is 0 Å². The lowest BCUT2D eigenvalue weighted by Crippen LogP contribution is -2.31. The van der Waals surface area contributed by atoms with E-state index in [1.54, 1.807) is 24.8 Å². The summed E-state index contributed by atoms with van der Waals surface area (Å²) in [4.78, 5) is 24.3. The molecule has 2 aromatic heterocycles. The van der Waals surface area contributed by atoms with Gasteiger partial charge in [0.25, 0.3) is 5.91 Å². The van der Waals surface area contributed by atoms with E-state index in [-0.39, 0.29) is 0 Å². The zero-order valence-electron chi connectivity index (χ0n) is 13.5. The number of pyridine rings is 1. The quantitative estimate of drug-likeness (QED) is 0.730. The summed E-state index contributed by atoms with van der Waals surface area (Å²) < 4.78 is 0. The Morgan fingerprint density at radius 1 is 1.21 bits per heavy atom. The Hall–Kier alpha value is -2.54. The molecule has 1 saturated heterocycles. The van der Waals surface area contributed by atoms with Gasteiger partial charge in [-0.15, -0.1) is 0 Å². The zero-order chi connectivity index (χ0) is 16.8. The Morgan fingerprint density at radius 3 is 2.75 bits per heavy atom. The standard InChI is InChI=1S/C17H22N6O/c18-17(24)15-11-22-13(7-14-10-20-5-6-21-14)8-16(15)23-9-12-1-3-19-4-2-12/h5-6,8,10-12,19H,1-4,7,9H2,(H2,18,24)(H,22,23). The SMILES string of the molecule is NC(=O)c1cnc(Cc2cnccn2)cc1NCC1CCNCC1. The fraction of sp³-hybridized carbons (Fsp3) is 0.412. The maximum atomic E-state index is 11.7. The van der Waals surface area contributed by atoms with E-state index in [2.05, 4.69) is 25.6 Å². The van der Waals surface area contributed by atoms with E-state index in [1.165, 1.54) is 0 Å². The molecule has 4 N–H and O–H groups in total. The van der Waals surface area contributed by atoms with Crippen LogP contribution in [0.5, 0.6) is 0 Å². The first-order valence-corrected chi connectivity index (χ1v) is 8.20. The summed E-state index contributed by atoms with van der Waals surface area (Å²) in [5.41, 5.74) is 8.30. The Balaban J connectivity index is 1.74. The van der Waals surface area contributed by atoms with Crippen molar-refractivity contribution in [3.63, 3.8) is 0 Å². The van der Waals surface area contributed by atoms with Crippen molar-refractivity contribution in [1.82, 2.24) is 20.3 Å². The average Bonchev–Trinajstić information content (AvgIpc) is 2.61. The molecule has 0 atom stereocenters. The van der Waals surface area contributed by atoms with Crippen LogP contribution in [0.1, 0.15) is 34.6 Å². The molecule has 3 heterocycles. The number of anilines is 1. The molecule has 3 rings (SSSR count). The van der Waals surface area contributed by atoms with Gasteiger partial charge in [0.15, 0.2) is 0 Å². The summed E-state index contributed by atoms with van der Waals surface area (Å²) in [7, 11) is 0. The van der Waals surface area contributed by atoms with Gasteiger partial charge in [-0.1, -0.05) is 0 Å². The van der Waals surface area contributed by atoms with Gasteiger partial charge in [0.05, 0.1) is 16.9 Å². The number of nitrogens with two attached hydrogens (primary N) is 1. The molecule has 0 radical (unpaired) electrons. The summed E-state index contributed by atoms with van der Waals surface area (Å²) in [5.74, 6) is 0.130. The van der Waals surface area contributed by atoms with Crippen molar-refractivity contribution >= 4 is 11.6 Å². The molecule has 2 aromatic rings. The summed E-state index contributed by atoms with van der Waals surface area (Å²) >= 11 is 0. The lowest BCUT2D eigenvalue weighted by Gasteiger charge is -2.23. The molecule has 7 heteroatoms. The normalized spacial score (nSPS) is 15.2. The van der Waals surface area contributed by atoms with Crippen LogP contribution in [0.4, 0.5) is 5.69 Å². The van der Waals surface area contributed by atoms with E-state index >= 15 is 0 Å². The van der Waals surface area contributed by atoms with Gasteiger partial charge in [-0.05, 0) is 37.9 Å². The van der Waals surface area contributed by atoms with Gasteiger partial charge in [0, 0.05) is 43.4 Å². The van der Waals surface area contributed by atoms with E-state index < -0.39 is 5.91 Å². The van der Waals surface area contributed by atoms with Crippen molar-refractivity contribution in [2.24, 2.45) is 11.7 Å². The van der Waals surface area contributed by atoms with Gasteiger partial charge in [0.1, 0.15) is 0 Å². The Kier molecular flexibility index (Phi) is 5.32. The molecule has 0 spiro atoms. The molecule has 1 aliphatic rings. The van der Waals surface area contributed by atoms with Gasteiger partial charge >= 0.3 is 0 Å². The summed E-state index contributed by atoms with van der Waals surface area (Å²) in [6, 6.07) is 1.88. The Bertz CT molecular complexity index is 685. The monoisotopic (exact) mass is 326 g/mol. The van der Waals surface area contributed by atoms with E-state index in [4.69, 9.17) is 5.73 Å². The largest absolute Gasteiger partial charge is 0.384 e. The summed E-state index contributed by atoms with van der Waals surface area (Å²) in [6.45, 7) is 2.92. The molecule has 0 aromatic carbocycles. The second kappa shape index (κ2) is 7.83. The van der Waals surface area contributed by atoms with Crippen molar-refractivity contribution < 1.29 is 4.79 Å². The number of aromatic nitrogens is 3. The van der Waals surface area contributed by atoms with Crippen molar-refractivity contribution in [3.8, 4) is 0 Å². The molecule has 0 unspecified atom stereocenters. The topological polar surface area (TPSA) is 106 Å². The molecule has 1 amide bonds. The number of rotatable bonds is 6. The van der Waals surface area contributed by atoms with Crippen LogP contribution in [-0.4, -0.2) is 40.5 Å². The average molecular weight is 326 g/mol. The third-order valence-corrected chi connectivity index (χ3v) is 4.24. The van der Waals surface area contributed by atoms with E-state index in [0.717, 1.165) is 49.6 Å². The van der Waals surface area contributed by atoms with Gasteiger partial charge < -0.3 is 16.4 Å². The second-order valence-corrected chi connectivity index (χ2v) is 6.03.